The molecule has 2 atom stereocenters. The van der Waals surface area contributed by atoms with Gasteiger partial charge in [-0.1, -0.05) is 31.7 Å². The Morgan fingerprint density at radius 2 is 2.00 bits per heavy atom. The number of amides is 4. The molecule has 162 valence electrons. The Balaban J connectivity index is 1.67. The predicted octanol–water partition coefficient (Wildman–Crippen LogP) is 1.37. The molecule has 2 fully saturated rings. The van der Waals surface area contributed by atoms with Crippen LogP contribution in [0.1, 0.15) is 55.4 Å². The van der Waals surface area contributed by atoms with Crippen molar-refractivity contribution in [2.75, 3.05) is 13.1 Å². The van der Waals surface area contributed by atoms with E-state index in [4.69, 9.17) is 0 Å². The second kappa shape index (κ2) is 10.3. The maximum absolute atomic E-state index is 13.3. The van der Waals surface area contributed by atoms with Gasteiger partial charge in [0.2, 0.25) is 18.2 Å². The first-order valence-corrected chi connectivity index (χ1v) is 10.5. The van der Waals surface area contributed by atoms with Gasteiger partial charge in [0.25, 0.3) is 5.91 Å². The lowest BCUT2D eigenvalue weighted by atomic mass is 9.91. The minimum atomic E-state index is -0.750. The van der Waals surface area contributed by atoms with E-state index < -0.39 is 23.8 Å². The monoisotopic (exact) mass is 416 g/mol. The van der Waals surface area contributed by atoms with Crippen LogP contribution in [0.15, 0.2) is 24.4 Å². The molecule has 0 spiro atoms. The molecular weight excluding hydrogens is 388 g/mol. The molecule has 1 aliphatic heterocycles. The maximum Gasteiger partial charge on any atom is 0.276 e. The fourth-order valence-corrected chi connectivity index (χ4v) is 4.46. The first-order valence-electron chi connectivity index (χ1n) is 10.5. The molecule has 0 radical (unpaired) electrons. The van der Waals surface area contributed by atoms with Gasteiger partial charge in [-0.15, -0.1) is 0 Å². The summed E-state index contributed by atoms with van der Waals surface area (Å²) in [7, 11) is 0. The first-order chi connectivity index (χ1) is 14.5. The SMILES string of the molecule is O=CN(O)C[C@@H](CC1CCCC1)C(=O)N1CCC[C@H]1C(=O)NC(=O)c1ccccn1. The van der Waals surface area contributed by atoms with Crippen LogP contribution in [0.3, 0.4) is 0 Å². The third kappa shape index (κ3) is 5.41. The summed E-state index contributed by atoms with van der Waals surface area (Å²) in [6.45, 7) is 0.304. The number of hydrogen-bond donors (Lipinski definition) is 2. The van der Waals surface area contributed by atoms with Gasteiger partial charge in [-0.3, -0.25) is 34.7 Å². The molecule has 2 aliphatic rings. The van der Waals surface area contributed by atoms with Crippen molar-refractivity contribution in [3.63, 3.8) is 0 Å². The third-order valence-corrected chi connectivity index (χ3v) is 5.94. The summed E-state index contributed by atoms with van der Waals surface area (Å²) in [5, 5.41) is 12.5. The van der Waals surface area contributed by atoms with E-state index >= 15 is 0 Å². The van der Waals surface area contributed by atoms with Crippen molar-refractivity contribution in [2.45, 2.75) is 51.0 Å². The second-order valence-electron chi connectivity index (χ2n) is 8.03. The lowest BCUT2D eigenvalue weighted by Crippen LogP contribution is -2.50. The molecule has 0 bridgehead atoms. The van der Waals surface area contributed by atoms with Gasteiger partial charge in [-0.05, 0) is 37.3 Å². The smallest absolute Gasteiger partial charge is 0.276 e. The fraction of sp³-hybridized carbons (Fsp3) is 0.571. The average molecular weight is 416 g/mol. The van der Waals surface area contributed by atoms with Crippen molar-refractivity contribution in [3.8, 4) is 0 Å². The van der Waals surface area contributed by atoms with Gasteiger partial charge in [-0.2, -0.15) is 0 Å². The molecule has 9 heteroatoms. The number of carbonyl (C=O) groups is 4. The van der Waals surface area contributed by atoms with Crippen LogP contribution >= 0.6 is 0 Å². The van der Waals surface area contributed by atoms with E-state index in [0.717, 1.165) is 25.7 Å². The van der Waals surface area contributed by atoms with Crippen molar-refractivity contribution in [1.82, 2.24) is 20.3 Å². The standard InChI is InChI=1S/C21H28N4O5/c26-14-24(30)13-16(12-15-6-1-2-7-15)21(29)25-11-5-9-18(25)20(28)23-19(27)17-8-3-4-10-22-17/h3-4,8,10,14-16,18,30H,1-2,5-7,9,11-13H2,(H,23,27,28)/t16-,18+/m1/s1. The molecule has 0 unspecified atom stereocenters. The summed E-state index contributed by atoms with van der Waals surface area (Å²) in [6, 6.07) is 4.08. The van der Waals surface area contributed by atoms with Crippen molar-refractivity contribution in [2.24, 2.45) is 11.8 Å². The van der Waals surface area contributed by atoms with Gasteiger partial charge in [0.1, 0.15) is 11.7 Å². The number of nitrogens with one attached hydrogen (secondary N) is 1. The molecule has 30 heavy (non-hydrogen) atoms. The van der Waals surface area contributed by atoms with E-state index in [1.807, 2.05) is 0 Å². The van der Waals surface area contributed by atoms with Gasteiger partial charge in [0.05, 0.1) is 12.5 Å². The molecular formula is C21H28N4O5. The average Bonchev–Trinajstić information content (AvgIpc) is 3.45. The van der Waals surface area contributed by atoms with E-state index in [9.17, 15) is 24.4 Å². The summed E-state index contributed by atoms with van der Waals surface area (Å²) in [5.74, 6) is -1.61. The Labute approximate surface area is 175 Å². The van der Waals surface area contributed by atoms with E-state index in [2.05, 4.69) is 10.3 Å². The number of pyridine rings is 1. The van der Waals surface area contributed by atoms with E-state index in [-0.39, 0.29) is 24.6 Å². The quantitative estimate of drug-likeness (QED) is 0.286. The van der Waals surface area contributed by atoms with Crippen LogP contribution in [-0.4, -0.2) is 63.4 Å². The summed E-state index contributed by atoms with van der Waals surface area (Å²) < 4.78 is 0. The van der Waals surface area contributed by atoms with Gasteiger partial charge in [0, 0.05) is 12.7 Å². The molecule has 0 aromatic carbocycles. The zero-order chi connectivity index (χ0) is 21.5. The molecule has 1 aromatic rings. The molecule has 2 N–H and O–H groups in total. The number of carbonyl (C=O) groups excluding carboxylic acids is 4. The fourth-order valence-electron chi connectivity index (χ4n) is 4.46. The van der Waals surface area contributed by atoms with Crippen molar-refractivity contribution < 1.29 is 24.4 Å². The molecule has 2 heterocycles. The highest BCUT2D eigenvalue weighted by Crippen LogP contribution is 2.32. The van der Waals surface area contributed by atoms with Crippen LogP contribution in [0.2, 0.25) is 0 Å². The largest absolute Gasteiger partial charge is 0.330 e. The molecule has 1 saturated carbocycles. The zero-order valence-corrected chi connectivity index (χ0v) is 16.9. The van der Waals surface area contributed by atoms with E-state index in [1.165, 1.54) is 17.2 Å². The lowest BCUT2D eigenvalue weighted by Gasteiger charge is -2.30. The number of hydrogen-bond acceptors (Lipinski definition) is 6. The Kier molecular flexibility index (Phi) is 7.51. The molecule has 9 nitrogen and oxygen atoms in total. The minimum absolute atomic E-state index is 0.101. The number of nitrogens with zero attached hydrogens (tertiary/aromatic N) is 3. The van der Waals surface area contributed by atoms with Gasteiger partial charge in [0.15, 0.2) is 0 Å². The van der Waals surface area contributed by atoms with E-state index in [1.54, 1.807) is 12.1 Å². The minimum Gasteiger partial charge on any atom is -0.330 e. The Morgan fingerprint density at radius 3 is 2.67 bits per heavy atom. The number of hydroxylamine groups is 2. The van der Waals surface area contributed by atoms with Crippen LogP contribution < -0.4 is 5.32 Å². The summed E-state index contributed by atoms with van der Waals surface area (Å²) in [5.41, 5.74) is 0.128. The number of aromatic nitrogens is 1. The first kappa shape index (κ1) is 21.9. The van der Waals surface area contributed by atoms with Gasteiger partial charge >= 0.3 is 0 Å². The Morgan fingerprint density at radius 1 is 1.23 bits per heavy atom. The highest BCUT2D eigenvalue weighted by atomic mass is 16.5. The van der Waals surface area contributed by atoms with Crippen LogP contribution in [0.25, 0.3) is 0 Å². The number of rotatable bonds is 8. The van der Waals surface area contributed by atoms with Crippen molar-refractivity contribution in [1.29, 1.82) is 0 Å². The molecule has 3 rings (SSSR count). The molecule has 1 saturated heterocycles. The zero-order valence-electron chi connectivity index (χ0n) is 16.9. The summed E-state index contributed by atoms with van der Waals surface area (Å²) in [6.07, 6.45) is 7.71. The second-order valence-corrected chi connectivity index (χ2v) is 8.03. The number of likely N-dealkylation sites (tertiary alicyclic amines) is 1. The van der Waals surface area contributed by atoms with Gasteiger partial charge in [-0.25, -0.2) is 5.06 Å². The molecule has 1 aliphatic carbocycles. The number of imide groups is 1. The highest BCUT2D eigenvalue weighted by molar-refractivity contribution is 6.05. The van der Waals surface area contributed by atoms with Gasteiger partial charge < -0.3 is 4.90 Å². The van der Waals surface area contributed by atoms with Crippen LogP contribution in [-0.2, 0) is 14.4 Å². The van der Waals surface area contributed by atoms with Crippen LogP contribution in [0.5, 0.6) is 0 Å². The van der Waals surface area contributed by atoms with Crippen molar-refractivity contribution >= 4 is 24.1 Å². The predicted molar refractivity (Wildman–Crippen MR) is 106 cm³/mol. The van der Waals surface area contributed by atoms with E-state index in [0.29, 0.717) is 36.8 Å². The topological polar surface area (TPSA) is 120 Å². The van der Waals surface area contributed by atoms with Crippen LogP contribution in [0.4, 0.5) is 0 Å². The maximum atomic E-state index is 13.3. The third-order valence-electron chi connectivity index (χ3n) is 5.94. The molecule has 4 amide bonds. The Bertz CT molecular complexity index is 766. The Hall–Kier alpha value is -2.81. The highest BCUT2D eigenvalue weighted by Gasteiger charge is 2.39. The van der Waals surface area contributed by atoms with Crippen molar-refractivity contribution in [3.05, 3.63) is 30.1 Å². The molecule has 1 aromatic heterocycles. The summed E-state index contributed by atoms with van der Waals surface area (Å²) >= 11 is 0. The summed E-state index contributed by atoms with van der Waals surface area (Å²) in [4.78, 5) is 54.5. The van der Waals surface area contributed by atoms with Crippen LogP contribution in [0, 0.1) is 11.8 Å². The normalized spacial score (nSPS) is 20.0. The lowest BCUT2D eigenvalue weighted by molar-refractivity contribution is -0.158.